The summed E-state index contributed by atoms with van der Waals surface area (Å²) in [7, 11) is 0. The Labute approximate surface area is 115 Å². The van der Waals surface area contributed by atoms with E-state index in [9.17, 15) is 9.59 Å². The minimum atomic E-state index is -0.590. The van der Waals surface area contributed by atoms with Crippen molar-refractivity contribution in [3.05, 3.63) is 48.2 Å². The van der Waals surface area contributed by atoms with Gasteiger partial charge in [-0.15, -0.1) is 0 Å². The molecule has 2 rings (SSSR count). The highest BCUT2D eigenvalue weighted by molar-refractivity contribution is 5.92. The second kappa shape index (κ2) is 6.06. The number of furan rings is 1. The van der Waals surface area contributed by atoms with Gasteiger partial charge in [0, 0.05) is 11.0 Å². The molecule has 0 bridgehead atoms. The standard InChI is InChI=1S/C15H14O5/c1-10(2)14(16)18-7-8-19-15(17)13-9-11-5-3-4-6-12(11)20-13/h3-6,9H,1,7-8H2,2H3. The van der Waals surface area contributed by atoms with Gasteiger partial charge in [-0.1, -0.05) is 24.8 Å². The van der Waals surface area contributed by atoms with Gasteiger partial charge in [0.05, 0.1) is 0 Å². The molecular weight excluding hydrogens is 260 g/mol. The van der Waals surface area contributed by atoms with E-state index in [1.807, 2.05) is 18.2 Å². The van der Waals surface area contributed by atoms with Crippen molar-refractivity contribution in [1.29, 1.82) is 0 Å². The van der Waals surface area contributed by atoms with E-state index in [0.717, 1.165) is 5.39 Å². The van der Waals surface area contributed by atoms with Crippen LogP contribution in [-0.4, -0.2) is 25.2 Å². The number of hydrogen-bond donors (Lipinski definition) is 0. The van der Waals surface area contributed by atoms with Gasteiger partial charge in [0.15, 0.2) is 0 Å². The summed E-state index contributed by atoms with van der Waals surface area (Å²) >= 11 is 0. The maximum Gasteiger partial charge on any atom is 0.374 e. The quantitative estimate of drug-likeness (QED) is 0.476. The zero-order valence-electron chi connectivity index (χ0n) is 11.0. The molecule has 0 aliphatic heterocycles. The van der Waals surface area contributed by atoms with Crippen molar-refractivity contribution in [2.24, 2.45) is 0 Å². The monoisotopic (exact) mass is 274 g/mol. The Morgan fingerprint density at radius 1 is 1.20 bits per heavy atom. The van der Waals surface area contributed by atoms with Crippen molar-refractivity contribution in [3.63, 3.8) is 0 Å². The number of carbonyl (C=O) groups is 2. The molecule has 1 aromatic carbocycles. The summed E-state index contributed by atoms with van der Waals surface area (Å²) in [6, 6.07) is 8.88. The first-order valence-electron chi connectivity index (χ1n) is 6.06. The fraction of sp³-hybridized carbons (Fsp3) is 0.200. The van der Waals surface area contributed by atoms with Crippen molar-refractivity contribution in [1.82, 2.24) is 0 Å². The van der Waals surface area contributed by atoms with Crippen LogP contribution in [-0.2, 0) is 14.3 Å². The molecule has 0 saturated carbocycles. The molecule has 0 aliphatic carbocycles. The molecular formula is C15H14O5. The van der Waals surface area contributed by atoms with E-state index < -0.39 is 11.9 Å². The summed E-state index contributed by atoms with van der Waals surface area (Å²) < 4.78 is 15.1. The number of benzene rings is 1. The number of para-hydroxylation sites is 1. The lowest BCUT2D eigenvalue weighted by Crippen LogP contribution is -2.13. The lowest BCUT2D eigenvalue weighted by Gasteiger charge is -2.04. The highest BCUT2D eigenvalue weighted by atomic mass is 16.6. The number of carbonyl (C=O) groups excluding carboxylic acids is 2. The lowest BCUT2D eigenvalue weighted by atomic mass is 10.2. The van der Waals surface area contributed by atoms with E-state index in [1.165, 1.54) is 0 Å². The zero-order chi connectivity index (χ0) is 14.5. The van der Waals surface area contributed by atoms with E-state index in [1.54, 1.807) is 19.1 Å². The summed E-state index contributed by atoms with van der Waals surface area (Å²) in [5.41, 5.74) is 0.918. The number of rotatable bonds is 5. The van der Waals surface area contributed by atoms with Gasteiger partial charge in [0.1, 0.15) is 18.8 Å². The average molecular weight is 274 g/mol. The van der Waals surface area contributed by atoms with Crippen molar-refractivity contribution >= 4 is 22.9 Å². The van der Waals surface area contributed by atoms with E-state index in [0.29, 0.717) is 11.2 Å². The molecule has 0 saturated heterocycles. The molecule has 20 heavy (non-hydrogen) atoms. The normalized spacial score (nSPS) is 10.2. The average Bonchev–Trinajstić information content (AvgIpc) is 2.86. The first kappa shape index (κ1) is 13.9. The maximum absolute atomic E-state index is 11.7. The third kappa shape index (κ3) is 3.26. The molecule has 0 amide bonds. The van der Waals surface area contributed by atoms with E-state index in [2.05, 4.69) is 6.58 Å². The molecule has 0 unspecified atom stereocenters. The Kier molecular flexibility index (Phi) is 4.20. The van der Waals surface area contributed by atoms with Crippen molar-refractivity contribution in [2.45, 2.75) is 6.92 Å². The van der Waals surface area contributed by atoms with Gasteiger partial charge in [0.2, 0.25) is 5.76 Å². The van der Waals surface area contributed by atoms with Crippen LogP contribution in [0, 0.1) is 0 Å². The van der Waals surface area contributed by atoms with Gasteiger partial charge in [-0.2, -0.15) is 0 Å². The van der Waals surface area contributed by atoms with E-state index in [-0.39, 0.29) is 19.0 Å². The fourth-order valence-corrected chi connectivity index (χ4v) is 1.55. The van der Waals surface area contributed by atoms with Crippen LogP contribution < -0.4 is 0 Å². The number of fused-ring (bicyclic) bond motifs is 1. The molecule has 1 heterocycles. The predicted molar refractivity (Wildman–Crippen MR) is 72.3 cm³/mol. The molecule has 0 aliphatic rings. The molecule has 0 fully saturated rings. The lowest BCUT2D eigenvalue weighted by molar-refractivity contribution is -0.140. The van der Waals surface area contributed by atoms with E-state index in [4.69, 9.17) is 13.9 Å². The molecule has 0 atom stereocenters. The largest absolute Gasteiger partial charge is 0.459 e. The first-order chi connectivity index (χ1) is 9.58. The summed E-state index contributed by atoms with van der Waals surface area (Å²) in [5.74, 6) is -0.977. The third-order valence-corrected chi connectivity index (χ3v) is 2.52. The Balaban J connectivity index is 1.86. The highest BCUT2D eigenvalue weighted by Gasteiger charge is 2.13. The Morgan fingerprint density at radius 3 is 2.60 bits per heavy atom. The highest BCUT2D eigenvalue weighted by Crippen LogP contribution is 2.19. The predicted octanol–water partition coefficient (Wildman–Crippen LogP) is 2.71. The first-order valence-corrected chi connectivity index (χ1v) is 6.06. The summed E-state index contributed by atoms with van der Waals surface area (Å²) in [4.78, 5) is 22.8. The van der Waals surface area contributed by atoms with Crippen molar-refractivity contribution < 1.29 is 23.5 Å². The second-order valence-corrected chi connectivity index (χ2v) is 4.20. The van der Waals surface area contributed by atoms with Crippen LogP contribution in [0.1, 0.15) is 17.5 Å². The Morgan fingerprint density at radius 2 is 1.90 bits per heavy atom. The minimum Gasteiger partial charge on any atom is -0.459 e. The van der Waals surface area contributed by atoms with Crippen LogP contribution in [0.25, 0.3) is 11.0 Å². The molecule has 0 spiro atoms. The fourth-order valence-electron chi connectivity index (χ4n) is 1.55. The van der Waals surface area contributed by atoms with Crippen LogP contribution in [0.2, 0.25) is 0 Å². The second-order valence-electron chi connectivity index (χ2n) is 4.20. The smallest absolute Gasteiger partial charge is 0.374 e. The molecule has 1 aromatic heterocycles. The van der Waals surface area contributed by atoms with Gasteiger partial charge < -0.3 is 13.9 Å². The SMILES string of the molecule is C=C(C)C(=O)OCCOC(=O)c1cc2ccccc2o1. The summed E-state index contributed by atoms with van der Waals surface area (Å²) in [6.07, 6.45) is 0. The summed E-state index contributed by atoms with van der Waals surface area (Å²) in [5, 5.41) is 0.827. The minimum absolute atomic E-state index is 0.0162. The van der Waals surface area contributed by atoms with Gasteiger partial charge >= 0.3 is 11.9 Å². The molecule has 0 N–H and O–H groups in total. The zero-order valence-corrected chi connectivity index (χ0v) is 11.0. The van der Waals surface area contributed by atoms with Crippen LogP contribution in [0.3, 0.4) is 0 Å². The topological polar surface area (TPSA) is 65.7 Å². The van der Waals surface area contributed by atoms with Crippen molar-refractivity contribution in [3.8, 4) is 0 Å². The molecule has 2 aromatic rings. The van der Waals surface area contributed by atoms with Gasteiger partial charge in [0.25, 0.3) is 0 Å². The van der Waals surface area contributed by atoms with Crippen LogP contribution in [0.15, 0.2) is 46.9 Å². The van der Waals surface area contributed by atoms with Gasteiger partial charge in [-0.25, -0.2) is 9.59 Å². The maximum atomic E-state index is 11.7. The number of ether oxygens (including phenoxy) is 2. The molecule has 5 heteroatoms. The Bertz CT molecular complexity index is 620. The van der Waals surface area contributed by atoms with Crippen LogP contribution in [0.4, 0.5) is 0 Å². The van der Waals surface area contributed by atoms with Gasteiger partial charge in [-0.05, 0) is 19.1 Å². The van der Waals surface area contributed by atoms with Crippen molar-refractivity contribution in [2.75, 3.05) is 13.2 Å². The number of esters is 2. The number of hydrogen-bond acceptors (Lipinski definition) is 5. The molecule has 5 nitrogen and oxygen atoms in total. The molecule has 0 radical (unpaired) electrons. The Hall–Kier alpha value is -2.56. The van der Waals surface area contributed by atoms with E-state index >= 15 is 0 Å². The van der Waals surface area contributed by atoms with Crippen LogP contribution >= 0.6 is 0 Å². The summed E-state index contributed by atoms with van der Waals surface area (Å²) in [6.45, 7) is 4.94. The third-order valence-electron chi connectivity index (χ3n) is 2.52. The molecule has 104 valence electrons. The van der Waals surface area contributed by atoms with Crippen LogP contribution in [0.5, 0.6) is 0 Å². The van der Waals surface area contributed by atoms with Gasteiger partial charge in [-0.3, -0.25) is 0 Å².